The Morgan fingerprint density at radius 2 is 2.38 bits per heavy atom. The first-order valence-electron chi connectivity index (χ1n) is 4.62. The van der Waals surface area contributed by atoms with Gasteiger partial charge in [0.2, 0.25) is 0 Å². The lowest BCUT2D eigenvalue weighted by Gasteiger charge is -2.13. The van der Waals surface area contributed by atoms with Gasteiger partial charge in [0.1, 0.15) is 5.82 Å². The molecule has 0 saturated heterocycles. The van der Waals surface area contributed by atoms with Crippen molar-refractivity contribution in [1.82, 2.24) is 10.2 Å². The van der Waals surface area contributed by atoms with Crippen molar-refractivity contribution < 1.29 is 5.11 Å². The van der Waals surface area contributed by atoms with Gasteiger partial charge in [-0.1, -0.05) is 20.3 Å². The number of aromatic nitrogens is 2. The standard InChI is InChI=1S/C9H17N3O/c1-3-6(2)4-8(13)7-5-11-12-9(7)10/h5-6,8,13H,3-4H2,1-2H3,(H3,10,11,12). The molecular weight excluding hydrogens is 166 g/mol. The highest BCUT2D eigenvalue weighted by Crippen LogP contribution is 2.25. The van der Waals surface area contributed by atoms with Crippen LogP contribution in [0.25, 0.3) is 0 Å². The zero-order valence-corrected chi connectivity index (χ0v) is 8.12. The average molecular weight is 183 g/mol. The Hall–Kier alpha value is -1.03. The molecule has 4 heteroatoms. The Morgan fingerprint density at radius 1 is 1.69 bits per heavy atom. The van der Waals surface area contributed by atoms with E-state index < -0.39 is 6.10 Å². The van der Waals surface area contributed by atoms with Crippen LogP contribution >= 0.6 is 0 Å². The molecule has 74 valence electrons. The van der Waals surface area contributed by atoms with Crippen LogP contribution in [-0.2, 0) is 0 Å². The van der Waals surface area contributed by atoms with Crippen molar-refractivity contribution in [3.05, 3.63) is 11.8 Å². The second-order valence-electron chi connectivity index (χ2n) is 3.50. The third-order valence-electron chi connectivity index (χ3n) is 2.38. The van der Waals surface area contributed by atoms with E-state index in [4.69, 9.17) is 5.73 Å². The summed E-state index contributed by atoms with van der Waals surface area (Å²) in [5.41, 5.74) is 6.29. The maximum absolute atomic E-state index is 9.75. The zero-order valence-electron chi connectivity index (χ0n) is 8.12. The van der Waals surface area contributed by atoms with Crippen molar-refractivity contribution >= 4 is 5.82 Å². The molecule has 13 heavy (non-hydrogen) atoms. The summed E-state index contributed by atoms with van der Waals surface area (Å²) < 4.78 is 0. The van der Waals surface area contributed by atoms with Gasteiger partial charge in [-0.15, -0.1) is 0 Å². The number of nitrogens with two attached hydrogens (primary N) is 1. The number of hydrogen-bond donors (Lipinski definition) is 3. The number of aliphatic hydroxyl groups excluding tert-OH is 1. The first-order chi connectivity index (χ1) is 6.15. The number of hydrogen-bond acceptors (Lipinski definition) is 3. The molecule has 1 aromatic heterocycles. The molecule has 0 aromatic carbocycles. The van der Waals surface area contributed by atoms with Crippen LogP contribution in [0, 0.1) is 5.92 Å². The molecule has 4 nitrogen and oxygen atoms in total. The number of aliphatic hydroxyl groups is 1. The van der Waals surface area contributed by atoms with Gasteiger partial charge in [-0.05, 0) is 12.3 Å². The van der Waals surface area contributed by atoms with Crippen LogP contribution in [0.15, 0.2) is 6.20 Å². The Bertz CT molecular complexity index is 259. The number of nitrogen functional groups attached to an aromatic ring is 1. The summed E-state index contributed by atoms with van der Waals surface area (Å²) in [5, 5.41) is 16.1. The molecule has 2 atom stereocenters. The summed E-state index contributed by atoms with van der Waals surface area (Å²) in [6.45, 7) is 4.22. The minimum Gasteiger partial charge on any atom is -0.388 e. The van der Waals surface area contributed by atoms with E-state index >= 15 is 0 Å². The summed E-state index contributed by atoms with van der Waals surface area (Å²) in [4.78, 5) is 0. The molecule has 4 N–H and O–H groups in total. The molecule has 0 radical (unpaired) electrons. The predicted molar refractivity (Wildman–Crippen MR) is 52.0 cm³/mol. The number of rotatable bonds is 4. The Morgan fingerprint density at radius 3 is 2.85 bits per heavy atom. The fourth-order valence-corrected chi connectivity index (χ4v) is 1.25. The third kappa shape index (κ3) is 2.45. The van der Waals surface area contributed by atoms with Gasteiger partial charge in [0, 0.05) is 5.56 Å². The Balaban J connectivity index is 2.58. The summed E-state index contributed by atoms with van der Waals surface area (Å²) in [5.74, 6) is 0.972. The van der Waals surface area contributed by atoms with Crippen LogP contribution in [-0.4, -0.2) is 15.3 Å². The highest BCUT2D eigenvalue weighted by molar-refractivity contribution is 5.38. The molecule has 1 heterocycles. The van der Waals surface area contributed by atoms with Crippen molar-refractivity contribution in [2.45, 2.75) is 32.8 Å². The maximum Gasteiger partial charge on any atom is 0.124 e. The van der Waals surface area contributed by atoms with Gasteiger partial charge in [-0.2, -0.15) is 5.10 Å². The van der Waals surface area contributed by atoms with Crippen LogP contribution < -0.4 is 5.73 Å². The van der Waals surface area contributed by atoms with Crippen LogP contribution in [0.2, 0.25) is 0 Å². The molecule has 2 unspecified atom stereocenters. The Labute approximate surface area is 78.2 Å². The van der Waals surface area contributed by atoms with Crippen LogP contribution in [0.1, 0.15) is 38.4 Å². The second kappa shape index (κ2) is 4.28. The average Bonchev–Trinajstić information content (AvgIpc) is 2.51. The minimum absolute atomic E-state index is 0.468. The predicted octanol–water partition coefficient (Wildman–Crippen LogP) is 1.46. The number of H-pyrrole nitrogens is 1. The van der Waals surface area contributed by atoms with E-state index in [1.165, 1.54) is 0 Å². The zero-order chi connectivity index (χ0) is 9.84. The molecule has 0 aliphatic rings. The van der Waals surface area contributed by atoms with E-state index in [1.807, 2.05) is 0 Å². The van der Waals surface area contributed by atoms with E-state index in [0.717, 1.165) is 12.8 Å². The van der Waals surface area contributed by atoms with E-state index in [9.17, 15) is 5.11 Å². The van der Waals surface area contributed by atoms with E-state index in [-0.39, 0.29) is 0 Å². The highest BCUT2D eigenvalue weighted by Gasteiger charge is 2.15. The number of aromatic amines is 1. The van der Waals surface area contributed by atoms with Crippen molar-refractivity contribution in [3.8, 4) is 0 Å². The quantitative estimate of drug-likeness (QED) is 0.661. The van der Waals surface area contributed by atoms with E-state index in [2.05, 4.69) is 24.0 Å². The molecule has 1 rings (SSSR count). The molecule has 0 spiro atoms. The summed E-state index contributed by atoms with van der Waals surface area (Å²) in [7, 11) is 0. The summed E-state index contributed by atoms with van der Waals surface area (Å²) >= 11 is 0. The molecule has 1 aromatic rings. The highest BCUT2D eigenvalue weighted by atomic mass is 16.3. The van der Waals surface area contributed by atoms with Gasteiger partial charge < -0.3 is 10.8 Å². The van der Waals surface area contributed by atoms with Gasteiger partial charge in [0.25, 0.3) is 0 Å². The molecule has 0 bridgehead atoms. The normalized spacial score (nSPS) is 15.6. The van der Waals surface area contributed by atoms with Crippen molar-refractivity contribution in [2.24, 2.45) is 5.92 Å². The molecule has 0 aliphatic carbocycles. The monoisotopic (exact) mass is 183 g/mol. The lowest BCUT2D eigenvalue weighted by Crippen LogP contribution is -2.05. The van der Waals surface area contributed by atoms with Gasteiger partial charge in [-0.25, -0.2) is 0 Å². The molecule has 0 saturated carbocycles. The fourth-order valence-electron chi connectivity index (χ4n) is 1.25. The minimum atomic E-state index is -0.492. The smallest absolute Gasteiger partial charge is 0.124 e. The van der Waals surface area contributed by atoms with Crippen molar-refractivity contribution in [2.75, 3.05) is 5.73 Å². The molecule has 0 amide bonds. The number of anilines is 1. The largest absolute Gasteiger partial charge is 0.388 e. The van der Waals surface area contributed by atoms with Crippen LogP contribution in [0.3, 0.4) is 0 Å². The van der Waals surface area contributed by atoms with Crippen molar-refractivity contribution in [3.63, 3.8) is 0 Å². The topological polar surface area (TPSA) is 74.9 Å². The van der Waals surface area contributed by atoms with Gasteiger partial charge >= 0.3 is 0 Å². The summed E-state index contributed by atoms with van der Waals surface area (Å²) in [6.07, 6.45) is 2.89. The third-order valence-corrected chi connectivity index (χ3v) is 2.38. The van der Waals surface area contributed by atoms with Crippen LogP contribution in [0.5, 0.6) is 0 Å². The number of nitrogens with one attached hydrogen (secondary N) is 1. The molecule has 0 fully saturated rings. The number of nitrogens with zero attached hydrogens (tertiary/aromatic N) is 1. The first-order valence-corrected chi connectivity index (χ1v) is 4.62. The van der Waals surface area contributed by atoms with E-state index in [1.54, 1.807) is 6.20 Å². The Kier molecular flexibility index (Phi) is 3.31. The second-order valence-corrected chi connectivity index (χ2v) is 3.50. The van der Waals surface area contributed by atoms with Crippen LogP contribution in [0.4, 0.5) is 5.82 Å². The van der Waals surface area contributed by atoms with Gasteiger partial charge in [0.05, 0.1) is 12.3 Å². The lowest BCUT2D eigenvalue weighted by atomic mass is 9.98. The molecule has 0 aliphatic heterocycles. The summed E-state index contributed by atoms with van der Waals surface area (Å²) in [6, 6.07) is 0. The molecular formula is C9H17N3O. The van der Waals surface area contributed by atoms with Gasteiger partial charge in [0.15, 0.2) is 0 Å². The van der Waals surface area contributed by atoms with E-state index in [0.29, 0.717) is 17.3 Å². The lowest BCUT2D eigenvalue weighted by molar-refractivity contribution is 0.147. The fraction of sp³-hybridized carbons (Fsp3) is 0.667. The maximum atomic E-state index is 9.75. The van der Waals surface area contributed by atoms with Crippen molar-refractivity contribution in [1.29, 1.82) is 0 Å². The SMILES string of the molecule is CCC(C)CC(O)c1cn[nH]c1N. The van der Waals surface area contributed by atoms with Gasteiger partial charge in [-0.3, -0.25) is 5.10 Å². The first kappa shape index (κ1) is 10.1.